The molecule has 0 spiro atoms. The normalized spacial score (nSPS) is 10.1. The molecule has 0 aliphatic rings. The van der Waals surface area contributed by atoms with Gasteiger partial charge in [-0.25, -0.2) is 4.79 Å². The molecule has 0 aromatic rings. The molecule has 0 radical (unpaired) electrons. The Labute approximate surface area is 84.2 Å². The Morgan fingerprint density at radius 1 is 1.29 bits per heavy atom. The molecular formula is C10H16O4. The van der Waals surface area contributed by atoms with E-state index in [9.17, 15) is 9.59 Å². The van der Waals surface area contributed by atoms with Gasteiger partial charge in [-0.2, -0.15) is 0 Å². The van der Waals surface area contributed by atoms with Crippen molar-refractivity contribution in [3.8, 4) is 0 Å². The number of rotatable bonds is 4. The first kappa shape index (κ1) is 14.9. The van der Waals surface area contributed by atoms with Crippen molar-refractivity contribution in [3.63, 3.8) is 0 Å². The molecule has 0 rings (SSSR count). The van der Waals surface area contributed by atoms with E-state index in [2.05, 4.69) is 9.47 Å². The van der Waals surface area contributed by atoms with Crippen molar-refractivity contribution in [1.82, 2.24) is 0 Å². The lowest BCUT2D eigenvalue weighted by Gasteiger charge is -1.94. The molecule has 4 heteroatoms. The zero-order chi connectivity index (χ0) is 11.4. The van der Waals surface area contributed by atoms with E-state index < -0.39 is 5.97 Å². The summed E-state index contributed by atoms with van der Waals surface area (Å²) in [5.41, 5.74) is 0.434. The fourth-order valence-electron chi connectivity index (χ4n) is 0.490. The topological polar surface area (TPSA) is 52.6 Å². The van der Waals surface area contributed by atoms with Crippen LogP contribution in [0.5, 0.6) is 0 Å². The van der Waals surface area contributed by atoms with E-state index in [0.717, 1.165) is 0 Å². The fourth-order valence-corrected chi connectivity index (χ4v) is 0.490. The minimum atomic E-state index is -0.411. The summed E-state index contributed by atoms with van der Waals surface area (Å²) in [4.78, 5) is 20.4. The highest BCUT2D eigenvalue weighted by Gasteiger charge is 1.99. The van der Waals surface area contributed by atoms with Crippen molar-refractivity contribution < 1.29 is 19.1 Å². The largest absolute Gasteiger partial charge is 0.466 e. The number of ether oxygens (including phenoxy) is 2. The summed E-state index contributed by atoms with van der Waals surface area (Å²) in [6.07, 6.45) is 4.08. The molecule has 4 nitrogen and oxygen atoms in total. The van der Waals surface area contributed by atoms with Crippen LogP contribution in [0.3, 0.4) is 0 Å². The minimum Gasteiger partial charge on any atom is -0.466 e. The quantitative estimate of drug-likeness (QED) is 0.228. The lowest BCUT2D eigenvalue weighted by molar-refractivity contribution is -0.136. The molecule has 0 fully saturated rings. The smallest absolute Gasteiger partial charge is 0.333 e. The highest BCUT2D eigenvalue weighted by Crippen LogP contribution is 1.95. The molecule has 0 N–H and O–H groups in total. The molecule has 0 saturated heterocycles. The number of hydrogen-bond donors (Lipinski definition) is 0. The Bertz CT molecular complexity index is 216. The van der Waals surface area contributed by atoms with Gasteiger partial charge in [0, 0.05) is 5.57 Å². The first-order valence-electron chi connectivity index (χ1n) is 4.23. The van der Waals surface area contributed by atoms with E-state index in [1.165, 1.54) is 25.5 Å². The van der Waals surface area contributed by atoms with Gasteiger partial charge in [0.1, 0.15) is 0 Å². The van der Waals surface area contributed by atoms with Crippen LogP contribution in [0.15, 0.2) is 24.0 Å². The summed E-state index contributed by atoms with van der Waals surface area (Å²) in [6, 6.07) is 0. The average Bonchev–Trinajstić information content (AvgIpc) is 2.25. The molecule has 0 aromatic carbocycles. The maximum absolute atomic E-state index is 10.7. The maximum atomic E-state index is 10.7. The van der Waals surface area contributed by atoms with Crippen LogP contribution < -0.4 is 0 Å². The van der Waals surface area contributed by atoms with Crippen LogP contribution in [-0.4, -0.2) is 19.6 Å². The average molecular weight is 200 g/mol. The first-order valence-corrected chi connectivity index (χ1v) is 4.23. The summed E-state index contributed by atoms with van der Waals surface area (Å²) in [5.74, 6) is -0.411. The molecule has 0 aliphatic carbocycles. The van der Waals surface area contributed by atoms with Crippen LogP contribution in [0, 0.1) is 0 Å². The Balaban J connectivity index is 0. The fraction of sp³-hybridized carbons (Fsp3) is 0.400. The van der Waals surface area contributed by atoms with Crippen LogP contribution >= 0.6 is 0 Å². The second-order valence-electron chi connectivity index (χ2n) is 1.90. The number of hydrogen-bond acceptors (Lipinski definition) is 4. The molecule has 0 aromatic heterocycles. The predicted molar refractivity (Wildman–Crippen MR) is 53.4 cm³/mol. The van der Waals surface area contributed by atoms with Gasteiger partial charge in [0.25, 0.3) is 6.47 Å². The predicted octanol–water partition coefficient (Wildman–Crippen LogP) is 1.82. The van der Waals surface area contributed by atoms with Crippen LogP contribution in [0.4, 0.5) is 0 Å². The summed E-state index contributed by atoms with van der Waals surface area (Å²) in [5, 5.41) is 0. The van der Waals surface area contributed by atoms with Gasteiger partial charge in [-0.05, 0) is 19.1 Å². The van der Waals surface area contributed by atoms with Gasteiger partial charge in [0.2, 0.25) is 0 Å². The third-order valence-electron chi connectivity index (χ3n) is 1.07. The van der Waals surface area contributed by atoms with Crippen molar-refractivity contribution in [3.05, 3.63) is 24.0 Å². The van der Waals surface area contributed by atoms with Gasteiger partial charge < -0.3 is 9.47 Å². The van der Waals surface area contributed by atoms with E-state index in [4.69, 9.17) is 0 Å². The number of allylic oxidation sites excluding steroid dienone is 2. The number of carbonyl (C=O) groups is 2. The van der Waals surface area contributed by atoms with Crippen molar-refractivity contribution in [2.75, 3.05) is 7.11 Å². The molecule has 0 bridgehead atoms. The van der Waals surface area contributed by atoms with E-state index in [1.807, 2.05) is 13.8 Å². The minimum absolute atomic E-state index is 0.289. The molecule has 0 heterocycles. The molecule has 0 unspecified atom stereocenters. The summed E-state index contributed by atoms with van der Waals surface area (Å²) >= 11 is 0. The highest BCUT2D eigenvalue weighted by atomic mass is 16.5. The molecule has 0 aliphatic heterocycles. The van der Waals surface area contributed by atoms with Gasteiger partial charge in [0.05, 0.1) is 13.4 Å². The van der Waals surface area contributed by atoms with Crippen molar-refractivity contribution in [1.29, 1.82) is 0 Å². The molecular weight excluding hydrogens is 184 g/mol. The summed E-state index contributed by atoms with van der Waals surface area (Å²) in [6.45, 7) is 5.88. The second-order valence-corrected chi connectivity index (χ2v) is 1.90. The second kappa shape index (κ2) is 11.4. The maximum Gasteiger partial charge on any atom is 0.333 e. The monoisotopic (exact) mass is 200 g/mol. The van der Waals surface area contributed by atoms with Gasteiger partial charge in [-0.15, -0.1) is 0 Å². The molecule has 0 saturated carbocycles. The van der Waals surface area contributed by atoms with E-state index in [1.54, 1.807) is 6.92 Å². The molecule has 80 valence electrons. The molecule has 0 amide bonds. The zero-order valence-electron chi connectivity index (χ0n) is 8.94. The Hall–Kier alpha value is -1.58. The SMILES string of the molecule is CC.COC(=O)/C(C)=C/C=C\OC=O. The van der Waals surface area contributed by atoms with Crippen molar-refractivity contribution in [2.45, 2.75) is 20.8 Å². The number of methoxy groups -OCH3 is 1. The standard InChI is InChI=1S/C8H10O4.C2H6/c1-7(8(10)11-2)4-3-5-12-6-9;1-2/h3-6H,1-2H3;1-2H3/b5-3-,7-4+;. The van der Waals surface area contributed by atoms with Gasteiger partial charge in [-0.1, -0.05) is 13.8 Å². The van der Waals surface area contributed by atoms with Crippen LogP contribution in [0.1, 0.15) is 20.8 Å². The van der Waals surface area contributed by atoms with Gasteiger partial charge in [-0.3, -0.25) is 4.79 Å². The van der Waals surface area contributed by atoms with Crippen LogP contribution in [0.2, 0.25) is 0 Å². The van der Waals surface area contributed by atoms with Gasteiger partial charge >= 0.3 is 5.97 Å². The Kier molecular flexibility index (Phi) is 12.2. The molecule has 14 heavy (non-hydrogen) atoms. The van der Waals surface area contributed by atoms with E-state index in [-0.39, 0.29) is 6.47 Å². The summed E-state index contributed by atoms with van der Waals surface area (Å²) < 4.78 is 8.66. The van der Waals surface area contributed by atoms with Gasteiger partial charge in [0.15, 0.2) is 0 Å². The first-order chi connectivity index (χ1) is 6.72. The van der Waals surface area contributed by atoms with E-state index in [0.29, 0.717) is 5.57 Å². The number of carbonyl (C=O) groups excluding carboxylic acids is 2. The third kappa shape index (κ3) is 8.52. The van der Waals surface area contributed by atoms with Crippen LogP contribution in [-0.2, 0) is 19.1 Å². The third-order valence-corrected chi connectivity index (χ3v) is 1.07. The van der Waals surface area contributed by atoms with Crippen molar-refractivity contribution >= 4 is 12.4 Å². The van der Waals surface area contributed by atoms with Crippen LogP contribution in [0.25, 0.3) is 0 Å². The Morgan fingerprint density at radius 3 is 2.29 bits per heavy atom. The zero-order valence-corrected chi connectivity index (χ0v) is 8.94. The Morgan fingerprint density at radius 2 is 1.86 bits per heavy atom. The lowest BCUT2D eigenvalue weighted by atomic mass is 10.3. The summed E-state index contributed by atoms with van der Waals surface area (Å²) in [7, 11) is 1.30. The van der Waals surface area contributed by atoms with E-state index >= 15 is 0 Å². The molecule has 0 atom stereocenters. The lowest BCUT2D eigenvalue weighted by Crippen LogP contribution is -2.00. The highest BCUT2D eigenvalue weighted by molar-refractivity contribution is 5.87. The van der Waals surface area contributed by atoms with Crippen molar-refractivity contribution in [2.24, 2.45) is 0 Å². The number of esters is 1.